The van der Waals surface area contributed by atoms with Crippen molar-refractivity contribution in [1.82, 2.24) is 19.3 Å². The van der Waals surface area contributed by atoms with E-state index in [0.717, 1.165) is 0 Å². The minimum absolute atomic E-state index is 0.228. The molecule has 0 fully saturated rings. The van der Waals surface area contributed by atoms with Gasteiger partial charge in [0.2, 0.25) is 0 Å². The second-order valence-corrected chi connectivity index (χ2v) is 3.83. The molecule has 0 aromatic carbocycles. The molecule has 6 nitrogen and oxygen atoms in total. The Labute approximate surface area is 96.1 Å². The van der Waals surface area contributed by atoms with Crippen LogP contribution in [0.5, 0.6) is 0 Å². The lowest BCUT2D eigenvalue weighted by molar-refractivity contribution is 0.0697. The van der Waals surface area contributed by atoms with Gasteiger partial charge in [0.15, 0.2) is 10.6 Å². The first-order chi connectivity index (χ1) is 7.50. The Morgan fingerprint density at radius 3 is 2.69 bits per heavy atom. The third-order valence-corrected chi connectivity index (χ3v) is 2.73. The number of aromatic amines is 1. The predicted octanol–water partition coefficient (Wildman–Crippen LogP) is 1.18. The first-order valence-corrected chi connectivity index (χ1v) is 4.93. The molecular weight excluding hydrogens is 228 g/mol. The average molecular weight is 238 g/mol. The molecule has 84 valence electrons. The largest absolute Gasteiger partial charge is 0.478 e. The Bertz CT molecular complexity index is 607. The van der Waals surface area contributed by atoms with Crippen LogP contribution in [-0.4, -0.2) is 30.4 Å². The van der Waals surface area contributed by atoms with Gasteiger partial charge in [-0.1, -0.05) is 0 Å². The van der Waals surface area contributed by atoms with Crippen LogP contribution >= 0.6 is 12.2 Å². The summed E-state index contributed by atoms with van der Waals surface area (Å²) in [6.07, 6.45) is 1.54. The summed E-state index contributed by atoms with van der Waals surface area (Å²) in [6, 6.07) is 1.56. The van der Waals surface area contributed by atoms with Gasteiger partial charge in [0, 0.05) is 20.3 Å². The molecule has 2 N–H and O–H groups in total. The van der Waals surface area contributed by atoms with E-state index >= 15 is 0 Å². The van der Waals surface area contributed by atoms with Gasteiger partial charge in [-0.2, -0.15) is 5.10 Å². The summed E-state index contributed by atoms with van der Waals surface area (Å²) in [5.41, 5.74) is 0.929. The predicted molar refractivity (Wildman–Crippen MR) is 59.8 cm³/mol. The van der Waals surface area contributed by atoms with E-state index in [2.05, 4.69) is 10.2 Å². The maximum atomic E-state index is 10.8. The van der Waals surface area contributed by atoms with Gasteiger partial charge >= 0.3 is 5.97 Å². The van der Waals surface area contributed by atoms with Crippen molar-refractivity contribution in [3.05, 3.63) is 22.6 Å². The SMILES string of the molecule is Cn1cc(C(=O)O)cc1-c1n[nH]c(=S)n1C. The molecule has 0 saturated carbocycles. The lowest BCUT2D eigenvalue weighted by atomic mass is 10.3. The highest BCUT2D eigenvalue weighted by Gasteiger charge is 2.14. The van der Waals surface area contributed by atoms with Crippen molar-refractivity contribution in [2.45, 2.75) is 0 Å². The number of hydrogen-bond donors (Lipinski definition) is 2. The number of hydrogen-bond acceptors (Lipinski definition) is 3. The van der Waals surface area contributed by atoms with E-state index in [4.69, 9.17) is 17.3 Å². The minimum Gasteiger partial charge on any atom is -0.478 e. The van der Waals surface area contributed by atoms with Crippen molar-refractivity contribution in [3.8, 4) is 11.5 Å². The maximum Gasteiger partial charge on any atom is 0.337 e. The second kappa shape index (κ2) is 3.60. The van der Waals surface area contributed by atoms with Crippen LogP contribution in [0.1, 0.15) is 10.4 Å². The van der Waals surface area contributed by atoms with Crippen LogP contribution in [-0.2, 0) is 14.1 Å². The average Bonchev–Trinajstić information content (AvgIpc) is 2.73. The van der Waals surface area contributed by atoms with E-state index in [1.165, 1.54) is 6.20 Å². The molecule has 0 aliphatic heterocycles. The molecule has 16 heavy (non-hydrogen) atoms. The molecule has 2 rings (SSSR count). The van der Waals surface area contributed by atoms with Gasteiger partial charge in [0.05, 0.1) is 11.3 Å². The van der Waals surface area contributed by atoms with Crippen LogP contribution in [0.3, 0.4) is 0 Å². The van der Waals surface area contributed by atoms with E-state index in [1.807, 2.05) is 0 Å². The molecule has 7 heteroatoms. The summed E-state index contributed by atoms with van der Waals surface area (Å²) in [5.74, 6) is -0.348. The summed E-state index contributed by atoms with van der Waals surface area (Å²) in [6.45, 7) is 0. The molecule has 0 aliphatic carbocycles. The summed E-state index contributed by atoms with van der Waals surface area (Å²) in [5, 5.41) is 15.6. The smallest absolute Gasteiger partial charge is 0.337 e. The van der Waals surface area contributed by atoms with Crippen LogP contribution in [0, 0.1) is 4.77 Å². The number of aryl methyl sites for hydroxylation is 1. The third-order valence-electron chi connectivity index (χ3n) is 2.36. The van der Waals surface area contributed by atoms with Crippen molar-refractivity contribution in [2.75, 3.05) is 0 Å². The number of aromatic nitrogens is 4. The zero-order valence-electron chi connectivity index (χ0n) is 8.76. The minimum atomic E-state index is -0.960. The van der Waals surface area contributed by atoms with Crippen molar-refractivity contribution in [2.24, 2.45) is 14.1 Å². The molecule has 0 amide bonds. The Hall–Kier alpha value is -1.89. The fourth-order valence-electron chi connectivity index (χ4n) is 1.48. The van der Waals surface area contributed by atoms with Crippen LogP contribution < -0.4 is 0 Å². The summed E-state index contributed by atoms with van der Waals surface area (Å²) in [7, 11) is 3.54. The van der Waals surface area contributed by atoms with Gasteiger partial charge < -0.3 is 14.2 Å². The zero-order chi connectivity index (χ0) is 11.9. The quantitative estimate of drug-likeness (QED) is 0.770. The first-order valence-electron chi connectivity index (χ1n) is 4.52. The molecular formula is C9H10N4O2S. The zero-order valence-corrected chi connectivity index (χ0v) is 9.58. The van der Waals surface area contributed by atoms with Gasteiger partial charge in [-0.15, -0.1) is 0 Å². The van der Waals surface area contributed by atoms with Crippen molar-refractivity contribution < 1.29 is 9.90 Å². The van der Waals surface area contributed by atoms with Crippen molar-refractivity contribution in [1.29, 1.82) is 0 Å². The normalized spacial score (nSPS) is 10.6. The molecule has 0 saturated heterocycles. The molecule has 0 unspecified atom stereocenters. The number of aromatic carboxylic acids is 1. The van der Waals surface area contributed by atoms with E-state index in [-0.39, 0.29) is 5.56 Å². The molecule has 0 aliphatic rings. The third kappa shape index (κ3) is 1.54. The van der Waals surface area contributed by atoms with Crippen LogP contribution in [0.2, 0.25) is 0 Å². The topological polar surface area (TPSA) is 75.8 Å². The van der Waals surface area contributed by atoms with E-state index in [0.29, 0.717) is 16.3 Å². The Morgan fingerprint density at radius 1 is 1.56 bits per heavy atom. The van der Waals surface area contributed by atoms with Gasteiger partial charge in [0.1, 0.15) is 0 Å². The molecule has 2 heterocycles. The van der Waals surface area contributed by atoms with E-state index in [1.54, 1.807) is 29.3 Å². The Kier molecular flexibility index (Phi) is 2.39. The van der Waals surface area contributed by atoms with Crippen LogP contribution in [0.4, 0.5) is 0 Å². The highest BCUT2D eigenvalue weighted by Crippen LogP contribution is 2.19. The monoisotopic (exact) mass is 238 g/mol. The van der Waals surface area contributed by atoms with Crippen molar-refractivity contribution >= 4 is 18.2 Å². The molecule has 2 aromatic heterocycles. The lowest BCUT2D eigenvalue weighted by Crippen LogP contribution is -1.97. The van der Waals surface area contributed by atoms with Crippen LogP contribution in [0.15, 0.2) is 12.3 Å². The standard InChI is InChI=1S/C9H10N4O2S/c1-12-4-5(8(14)15)3-6(12)7-10-11-9(16)13(7)2/h3-4H,1-2H3,(H,11,16)(H,14,15). The van der Waals surface area contributed by atoms with Gasteiger partial charge in [-0.3, -0.25) is 5.10 Å². The Balaban J connectivity index is 2.60. The number of carboxylic acid groups (broad SMARTS) is 1. The van der Waals surface area contributed by atoms with Gasteiger partial charge in [-0.25, -0.2) is 4.79 Å². The van der Waals surface area contributed by atoms with E-state index in [9.17, 15) is 4.79 Å². The number of carboxylic acids is 1. The van der Waals surface area contributed by atoms with Gasteiger partial charge in [-0.05, 0) is 18.3 Å². The Morgan fingerprint density at radius 2 is 2.25 bits per heavy atom. The number of carbonyl (C=O) groups is 1. The fourth-order valence-corrected chi connectivity index (χ4v) is 1.61. The summed E-state index contributed by atoms with van der Waals surface area (Å²) in [4.78, 5) is 10.8. The first kappa shape index (κ1) is 10.6. The molecule has 0 bridgehead atoms. The highest BCUT2D eigenvalue weighted by molar-refractivity contribution is 7.71. The number of H-pyrrole nitrogens is 1. The molecule has 0 atom stereocenters. The lowest BCUT2D eigenvalue weighted by Gasteiger charge is -2.00. The number of nitrogens with zero attached hydrogens (tertiary/aromatic N) is 3. The van der Waals surface area contributed by atoms with Crippen LogP contribution in [0.25, 0.3) is 11.5 Å². The van der Waals surface area contributed by atoms with Gasteiger partial charge in [0.25, 0.3) is 0 Å². The van der Waals surface area contributed by atoms with E-state index < -0.39 is 5.97 Å². The fraction of sp³-hybridized carbons (Fsp3) is 0.222. The summed E-state index contributed by atoms with van der Waals surface area (Å²) >= 11 is 5.00. The molecule has 2 aromatic rings. The molecule has 0 radical (unpaired) electrons. The number of rotatable bonds is 2. The summed E-state index contributed by atoms with van der Waals surface area (Å²) < 4.78 is 3.89. The maximum absolute atomic E-state index is 10.8. The highest BCUT2D eigenvalue weighted by atomic mass is 32.1. The molecule has 0 spiro atoms. The number of nitrogens with one attached hydrogen (secondary N) is 1. The van der Waals surface area contributed by atoms with Crippen molar-refractivity contribution in [3.63, 3.8) is 0 Å². The second-order valence-electron chi connectivity index (χ2n) is 3.44.